The Morgan fingerprint density at radius 2 is 1.85 bits per heavy atom. The Morgan fingerprint density at radius 1 is 1.12 bits per heavy atom. The zero-order valence-corrected chi connectivity index (χ0v) is 15.9. The number of alkyl halides is 1. The van der Waals surface area contributed by atoms with Gasteiger partial charge in [-0.1, -0.05) is 36.4 Å². The monoisotopic (exact) mass is 374 g/mol. The van der Waals surface area contributed by atoms with E-state index in [2.05, 4.69) is 24.3 Å². The molecule has 1 heterocycles. The Hall–Kier alpha value is -2.04. The third-order valence-electron chi connectivity index (χ3n) is 4.50. The molecular weight excluding hydrogens is 352 g/mol. The van der Waals surface area contributed by atoms with Crippen LogP contribution in [-0.4, -0.2) is 28.3 Å². The van der Waals surface area contributed by atoms with Gasteiger partial charge in [0.2, 0.25) is 5.79 Å². The van der Waals surface area contributed by atoms with Gasteiger partial charge in [0.25, 0.3) is 0 Å². The van der Waals surface area contributed by atoms with Gasteiger partial charge in [-0.25, -0.2) is 4.79 Å². The Balaban J connectivity index is 1.75. The van der Waals surface area contributed by atoms with Crippen molar-refractivity contribution in [3.05, 3.63) is 59.4 Å². The molecule has 0 aliphatic carbocycles. The molecule has 3 rings (SSSR count). The van der Waals surface area contributed by atoms with Crippen LogP contribution >= 0.6 is 11.6 Å². The summed E-state index contributed by atoms with van der Waals surface area (Å²) in [4.78, 5) is 11.6. The molecule has 0 saturated carbocycles. The number of esters is 1. The number of carbonyl (C=O) groups is 1. The van der Waals surface area contributed by atoms with Crippen molar-refractivity contribution in [3.63, 3.8) is 0 Å². The summed E-state index contributed by atoms with van der Waals surface area (Å²) in [7, 11) is 0. The number of cyclic esters (lactones) is 1. The van der Waals surface area contributed by atoms with E-state index in [-0.39, 0.29) is 6.42 Å². The SMILES string of the molecule is Cc1ccc2ccccc2c1C[C@H](Cl)[C@@H](O)CC1=CC(=O)OC(C)(C)O1. The van der Waals surface area contributed by atoms with Crippen LogP contribution in [0.1, 0.15) is 31.4 Å². The minimum absolute atomic E-state index is 0.163. The number of aliphatic hydroxyl groups excluding tert-OH is 1. The first-order chi connectivity index (χ1) is 12.2. The van der Waals surface area contributed by atoms with Gasteiger partial charge in [-0.2, -0.15) is 0 Å². The van der Waals surface area contributed by atoms with Gasteiger partial charge < -0.3 is 14.6 Å². The average molecular weight is 375 g/mol. The summed E-state index contributed by atoms with van der Waals surface area (Å²) in [5, 5.41) is 12.3. The first kappa shape index (κ1) is 18.7. The van der Waals surface area contributed by atoms with E-state index in [0.29, 0.717) is 12.2 Å². The van der Waals surface area contributed by atoms with Crippen LogP contribution in [0.3, 0.4) is 0 Å². The average Bonchev–Trinajstić information content (AvgIpc) is 2.55. The summed E-state index contributed by atoms with van der Waals surface area (Å²) >= 11 is 6.52. The summed E-state index contributed by atoms with van der Waals surface area (Å²) < 4.78 is 10.7. The molecule has 2 aromatic rings. The zero-order valence-electron chi connectivity index (χ0n) is 15.2. The lowest BCUT2D eigenvalue weighted by atomic mass is 9.94. The van der Waals surface area contributed by atoms with Gasteiger partial charge in [0, 0.05) is 20.3 Å². The third-order valence-corrected chi connectivity index (χ3v) is 4.95. The molecule has 0 fully saturated rings. The predicted octanol–water partition coefficient (Wildman–Crippen LogP) is 4.24. The minimum Gasteiger partial charge on any atom is -0.457 e. The van der Waals surface area contributed by atoms with Gasteiger partial charge in [-0.15, -0.1) is 11.6 Å². The van der Waals surface area contributed by atoms with Gasteiger partial charge in [0.05, 0.1) is 17.6 Å². The maximum atomic E-state index is 11.6. The van der Waals surface area contributed by atoms with Crippen molar-refractivity contribution in [2.24, 2.45) is 0 Å². The van der Waals surface area contributed by atoms with E-state index >= 15 is 0 Å². The number of halogens is 1. The molecule has 1 aliphatic heterocycles. The van der Waals surface area contributed by atoms with Crippen LogP contribution in [0.15, 0.2) is 48.2 Å². The van der Waals surface area contributed by atoms with E-state index in [0.717, 1.165) is 21.9 Å². The number of aliphatic hydroxyl groups is 1. The van der Waals surface area contributed by atoms with Crippen molar-refractivity contribution in [2.45, 2.75) is 50.9 Å². The second-order valence-corrected chi connectivity index (χ2v) is 7.67. The largest absolute Gasteiger partial charge is 0.457 e. The van der Waals surface area contributed by atoms with Crippen LogP contribution in [0.4, 0.5) is 0 Å². The van der Waals surface area contributed by atoms with E-state index in [1.807, 2.05) is 19.1 Å². The lowest BCUT2D eigenvalue weighted by Gasteiger charge is -2.31. The molecule has 0 unspecified atom stereocenters. The van der Waals surface area contributed by atoms with Crippen LogP contribution in [-0.2, 0) is 20.7 Å². The van der Waals surface area contributed by atoms with Crippen LogP contribution in [0.25, 0.3) is 10.8 Å². The summed E-state index contributed by atoms with van der Waals surface area (Å²) in [5.74, 6) is -1.12. The maximum absolute atomic E-state index is 11.6. The number of aryl methyl sites for hydroxylation is 1. The Bertz CT molecular complexity index is 856. The van der Waals surface area contributed by atoms with Gasteiger partial charge in [0.1, 0.15) is 5.76 Å². The van der Waals surface area contributed by atoms with Crippen molar-refractivity contribution in [3.8, 4) is 0 Å². The number of carbonyl (C=O) groups excluding carboxylic acids is 1. The van der Waals surface area contributed by atoms with Crippen molar-refractivity contribution in [1.82, 2.24) is 0 Å². The van der Waals surface area contributed by atoms with E-state index in [4.69, 9.17) is 21.1 Å². The van der Waals surface area contributed by atoms with Crippen LogP contribution in [0.2, 0.25) is 0 Å². The summed E-state index contributed by atoms with van der Waals surface area (Å²) in [5.41, 5.74) is 2.26. The predicted molar refractivity (Wildman–Crippen MR) is 102 cm³/mol. The number of hydrogen-bond acceptors (Lipinski definition) is 4. The molecule has 0 aromatic heterocycles. The number of benzene rings is 2. The Morgan fingerprint density at radius 3 is 2.58 bits per heavy atom. The molecule has 4 nitrogen and oxygen atoms in total. The quantitative estimate of drug-likeness (QED) is 0.628. The van der Waals surface area contributed by atoms with E-state index in [1.165, 1.54) is 6.08 Å². The highest BCUT2D eigenvalue weighted by atomic mass is 35.5. The molecule has 0 saturated heterocycles. The lowest BCUT2D eigenvalue weighted by molar-refractivity contribution is -0.206. The van der Waals surface area contributed by atoms with Gasteiger partial charge in [-0.3, -0.25) is 0 Å². The van der Waals surface area contributed by atoms with Crippen molar-refractivity contribution < 1.29 is 19.4 Å². The molecule has 1 aliphatic rings. The van der Waals surface area contributed by atoms with Crippen molar-refractivity contribution in [1.29, 1.82) is 0 Å². The molecule has 0 spiro atoms. The highest BCUT2D eigenvalue weighted by Gasteiger charge is 2.32. The molecule has 138 valence electrons. The summed E-state index contributed by atoms with van der Waals surface area (Å²) in [6, 6.07) is 12.3. The second-order valence-electron chi connectivity index (χ2n) is 7.11. The topological polar surface area (TPSA) is 55.8 Å². The number of rotatable bonds is 5. The fourth-order valence-electron chi connectivity index (χ4n) is 3.25. The van der Waals surface area contributed by atoms with E-state index in [1.54, 1.807) is 13.8 Å². The molecule has 1 N–H and O–H groups in total. The fourth-order valence-corrected chi connectivity index (χ4v) is 3.49. The molecule has 26 heavy (non-hydrogen) atoms. The molecule has 0 amide bonds. The molecule has 0 bridgehead atoms. The third kappa shape index (κ3) is 4.19. The Kier molecular flexibility index (Phi) is 5.26. The molecule has 2 aromatic carbocycles. The lowest BCUT2D eigenvalue weighted by Crippen LogP contribution is -2.36. The summed E-state index contributed by atoms with van der Waals surface area (Å²) in [6.07, 6.45) is 1.11. The smallest absolute Gasteiger partial charge is 0.337 e. The Labute approximate surface area is 158 Å². The highest BCUT2D eigenvalue weighted by Crippen LogP contribution is 2.29. The van der Waals surface area contributed by atoms with Gasteiger partial charge in [-0.05, 0) is 35.2 Å². The molecular formula is C21H23ClO4. The first-order valence-electron chi connectivity index (χ1n) is 8.67. The van der Waals surface area contributed by atoms with Crippen LogP contribution in [0, 0.1) is 6.92 Å². The summed E-state index contributed by atoms with van der Waals surface area (Å²) in [6.45, 7) is 5.35. The van der Waals surface area contributed by atoms with Crippen molar-refractivity contribution in [2.75, 3.05) is 0 Å². The number of ether oxygens (including phenoxy) is 2. The number of fused-ring (bicyclic) bond motifs is 1. The maximum Gasteiger partial charge on any atom is 0.337 e. The van der Waals surface area contributed by atoms with Crippen LogP contribution < -0.4 is 0 Å². The standard InChI is InChI=1S/C21H23ClO4/c1-13-8-9-14-6-4-5-7-16(14)17(13)12-18(22)19(23)10-15-11-20(24)26-21(2,3)25-15/h4-9,11,18-19,23H,10,12H2,1-3H3/t18-,19-/m0/s1. The van der Waals surface area contributed by atoms with E-state index in [9.17, 15) is 9.90 Å². The van der Waals surface area contributed by atoms with Gasteiger partial charge >= 0.3 is 5.97 Å². The number of hydrogen-bond donors (Lipinski definition) is 1. The highest BCUT2D eigenvalue weighted by molar-refractivity contribution is 6.21. The van der Waals surface area contributed by atoms with Gasteiger partial charge in [0.15, 0.2) is 0 Å². The fraction of sp³-hybridized carbons (Fsp3) is 0.381. The molecule has 0 radical (unpaired) electrons. The first-order valence-corrected chi connectivity index (χ1v) is 9.11. The molecule has 2 atom stereocenters. The zero-order chi connectivity index (χ0) is 18.9. The molecule has 5 heteroatoms. The van der Waals surface area contributed by atoms with E-state index < -0.39 is 23.2 Å². The normalized spacial score (nSPS) is 18.7. The van der Waals surface area contributed by atoms with Crippen molar-refractivity contribution >= 4 is 28.3 Å². The minimum atomic E-state index is -1.03. The van der Waals surface area contributed by atoms with Crippen LogP contribution in [0.5, 0.6) is 0 Å². The second kappa shape index (κ2) is 7.29.